The van der Waals surface area contributed by atoms with Crippen LogP contribution in [0, 0.1) is 11.8 Å². The molecule has 0 spiro atoms. The SMILES string of the molecule is CCCCCCc1ccc(C#Cc2ccc(N3C(=O)c4ccccc4C3=O)cc2)cc1. The lowest BCUT2D eigenvalue weighted by atomic mass is 10.0. The van der Waals surface area contributed by atoms with E-state index in [0.29, 0.717) is 16.8 Å². The highest BCUT2D eigenvalue weighted by Gasteiger charge is 2.36. The van der Waals surface area contributed by atoms with Crippen LogP contribution in [0.4, 0.5) is 5.69 Å². The zero-order valence-corrected chi connectivity index (χ0v) is 17.7. The topological polar surface area (TPSA) is 37.4 Å². The van der Waals surface area contributed by atoms with Crippen molar-refractivity contribution in [2.45, 2.75) is 39.0 Å². The van der Waals surface area contributed by atoms with Crippen LogP contribution in [-0.2, 0) is 6.42 Å². The third-order valence-corrected chi connectivity index (χ3v) is 5.54. The van der Waals surface area contributed by atoms with Crippen LogP contribution in [0.5, 0.6) is 0 Å². The fourth-order valence-electron chi connectivity index (χ4n) is 3.77. The number of hydrogen-bond acceptors (Lipinski definition) is 2. The van der Waals surface area contributed by atoms with E-state index in [4.69, 9.17) is 0 Å². The summed E-state index contributed by atoms with van der Waals surface area (Å²) >= 11 is 0. The number of unbranched alkanes of at least 4 members (excludes halogenated alkanes) is 3. The molecule has 0 aliphatic carbocycles. The molecule has 0 unspecified atom stereocenters. The minimum absolute atomic E-state index is 0.283. The van der Waals surface area contributed by atoms with Crippen molar-refractivity contribution in [2.75, 3.05) is 4.90 Å². The van der Waals surface area contributed by atoms with E-state index in [9.17, 15) is 9.59 Å². The van der Waals surface area contributed by atoms with Gasteiger partial charge in [0.15, 0.2) is 0 Å². The molecule has 1 aliphatic heterocycles. The fraction of sp³-hybridized carbons (Fsp3) is 0.214. The van der Waals surface area contributed by atoms with Crippen LogP contribution >= 0.6 is 0 Å². The summed E-state index contributed by atoms with van der Waals surface area (Å²) in [5.74, 6) is 5.78. The normalized spacial score (nSPS) is 12.5. The van der Waals surface area contributed by atoms with E-state index in [1.54, 1.807) is 36.4 Å². The van der Waals surface area contributed by atoms with Gasteiger partial charge >= 0.3 is 0 Å². The third-order valence-electron chi connectivity index (χ3n) is 5.54. The van der Waals surface area contributed by atoms with Crippen LogP contribution in [0.2, 0.25) is 0 Å². The lowest BCUT2D eigenvalue weighted by Crippen LogP contribution is -2.29. The average Bonchev–Trinajstić information content (AvgIpc) is 3.07. The molecule has 3 aromatic rings. The summed E-state index contributed by atoms with van der Waals surface area (Å²) in [5, 5.41) is 0. The first kappa shape index (κ1) is 20.6. The second kappa shape index (κ2) is 9.45. The van der Waals surface area contributed by atoms with Crippen LogP contribution in [0.25, 0.3) is 0 Å². The molecule has 0 atom stereocenters. The Morgan fingerprint density at radius 1 is 0.677 bits per heavy atom. The van der Waals surface area contributed by atoms with Gasteiger partial charge in [-0.25, -0.2) is 4.90 Å². The number of carbonyl (C=O) groups excluding carboxylic acids is 2. The highest BCUT2D eigenvalue weighted by molar-refractivity contribution is 6.34. The Morgan fingerprint density at radius 3 is 1.77 bits per heavy atom. The molecule has 0 radical (unpaired) electrons. The van der Waals surface area contributed by atoms with Crippen LogP contribution < -0.4 is 4.90 Å². The van der Waals surface area contributed by atoms with Gasteiger partial charge in [-0.3, -0.25) is 9.59 Å². The van der Waals surface area contributed by atoms with E-state index < -0.39 is 0 Å². The number of amides is 2. The van der Waals surface area contributed by atoms with E-state index in [2.05, 4.69) is 43.0 Å². The molecule has 4 rings (SSSR count). The molecule has 0 fully saturated rings. The Balaban J connectivity index is 1.42. The molecule has 1 heterocycles. The number of rotatable bonds is 6. The summed E-state index contributed by atoms with van der Waals surface area (Å²) < 4.78 is 0. The maximum Gasteiger partial charge on any atom is 0.266 e. The molecule has 0 saturated heterocycles. The number of imide groups is 1. The van der Waals surface area contributed by atoms with Gasteiger partial charge in [0.1, 0.15) is 0 Å². The lowest BCUT2D eigenvalue weighted by molar-refractivity contribution is 0.0926. The van der Waals surface area contributed by atoms with E-state index in [-0.39, 0.29) is 11.8 Å². The number of hydrogen-bond donors (Lipinski definition) is 0. The number of anilines is 1. The standard InChI is InChI=1S/C28H25NO2/c1-2-3-4-5-8-21-11-13-22(14-12-21)15-16-23-17-19-24(20-18-23)29-27(30)25-9-6-7-10-26(25)28(29)31/h6-7,9-14,17-20H,2-5,8H2,1H3. The summed E-state index contributed by atoms with van der Waals surface area (Å²) in [5.41, 5.74) is 4.62. The average molecular weight is 408 g/mol. The maximum absolute atomic E-state index is 12.6. The van der Waals surface area contributed by atoms with Crippen molar-refractivity contribution < 1.29 is 9.59 Å². The molecule has 1 aliphatic rings. The quantitative estimate of drug-likeness (QED) is 0.285. The summed E-state index contributed by atoms with van der Waals surface area (Å²) in [6.45, 7) is 2.23. The lowest BCUT2D eigenvalue weighted by Gasteiger charge is -2.13. The molecule has 0 N–H and O–H groups in total. The molecule has 154 valence electrons. The second-order valence-electron chi connectivity index (χ2n) is 7.80. The second-order valence-corrected chi connectivity index (χ2v) is 7.80. The van der Waals surface area contributed by atoms with Crippen molar-refractivity contribution in [3.8, 4) is 11.8 Å². The fourth-order valence-corrected chi connectivity index (χ4v) is 3.77. The zero-order chi connectivity index (χ0) is 21.6. The van der Waals surface area contributed by atoms with Crippen molar-refractivity contribution in [2.24, 2.45) is 0 Å². The predicted molar refractivity (Wildman–Crippen MR) is 124 cm³/mol. The van der Waals surface area contributed by atoms with E-state index in [1.165, 1.54) is 36.1 Å². The van der Waals surface area contributed by atoms with Crippen molar-refractivity contribution in [3.05, 3.63) is 101 Å². The minimum Gasteiger partial charge on any atom is -0.268 e. The van der Waals surface area contributed by atoms with Crippen LogP contribution in [0.3, 0.4) is 0 Å². The summed E-state index contributed by atoms with van der Waals surface area (Å²) in [7, 11) is 0. The van der Waals surface area contributed by atoms with Crippen molar-refractivity contribution in [3.63, 3.8) is 0 Å². The molecule has 3 nitrogen and oxygen atoms in total. The van der Waals surface area contributed by atoms with Crippen molar-refractivity contribution in [1.29, 1.82) is 0 Å². The Morgan fingerprint density at radius 2 is 1.23 bits per heavy atom. The van der Waals surface area contributed by atoms with E-state index in [1.807, 2.05) is 12.1 Å². The molecule has 2 amide bonds. The minimum atomic E-state index is -0.283. The number of nitrogens with zero attached hydrogens (tertiary/aromatic N) is 1. The molecule has 0 aromatic heterocycles. The van der Waals surface area contributed by atoms with E-state index in [0.717, 1.165) is 17.5 Å². The molecule has 3 aromatic carbocycles. The first-order chi connectivity index (χ1) is 15.2. The number of aryl methyl sites for hydroxylation is 1. The van der Waals surface area contributed by atoms with Crippen molar-refractivity contribution >= 4 is 17.5 Å². The first-order valence-electron chi connectivity index (χ1n) is 10.9. The zero-order valence-electron chi connectivity index (χ0n) is 17.7. The monoisotopic (exact) mass is 407 g/mol. The molecule has 0 bridgehead atoms. The number of benzene rings is 3. The third kappa shape index (κ3) is 4.59. The highest BCUT2D eigenvalue weighted by Crippen LogP contribution is 2.28. The Hall–Kier alpha value is -3.64. The molecular formula is C28H25NO2. The van der Waals surface area contributed by atoms with Gasteiger partial charge in [0.2, 0.25) is 0 Å². The maximum atomic E-state index is 12.6. The largest absolute Gasteiger partial charge is 0.268 e. The molecule has 31 heavy (non-hydrogen) atoms. The first-order valence-corrected chi connectivity index (χ1v) is 10.9. The van der Waals surface area contributed by atoms with Crippen LogP contribution in [-0.4, -0.2) is 11.8 Å². The van der Waals surface area contributed by atoms with Crippen LogP contribution in [0.1, 0.15) is 70.0 Å². The highest BCUT2D eigenvalue weighted by atomic mass is 16.2. The van der Waals surface area contributed by atoms with Gasteiger partial charge in [-0.15, -0.1) is 0 Å². The Bertz CT molecular complexity index is 1110. The summed E-state index contributed by atoms with van der Waals surface area (Å²) in [6.07, 6.45) is 6.20. The van der Waals surface area contributed by atoms with E-state index >= 15 is 0 Å². The van der Waals surface area contributed by atoms with Crippen molar-refractivity contribution in [1.82, 2.24) is 0 Å². The van der Waals surface area contributed by atoms with Gasteiger partial charge in [-0.05, 0) is 66.9 Å². The molecule has 0 saturated carbocycles. The van der Waals surface area contributed by atoms with Gasteiger partial charge in [-0.1, -0.05) is 62.3 Å². The smallest absolute Gasteiger partial charge is 0.266 e. The van der Waals surface area contributed by atoms with Gasteiger partial charge in [0.05, 0.1) is 16.8 Å². The molecular weight excluding hydrogens is 382 g/mol. The Labute approximate surface area is 183 Å². The summed E-state index contributed by atoms with van der Waals surface area (Å²) in [6, 6.07) is 22.6. The predicted octanol–water partition coefficient (Wildman–Crippen LogP) is 6.01. The molecule has 3 heteroatoms. The number of fused-ring (bicyclic) bond motifs is 1. The Kier molecular flexibility index (Phi) is 6.29. The van der Waals surface area contributed by atoms with Gasteiger partial charge in [0.25, 0.3) is 11.8 Å². The van der Waals surface area contributed by atoms with Crippen LogP contribution in [0.15, 0.2) is 72.8 Å². The van der Waals surface area contributed by atoms with Gasteiger partial charge in [0, 0.05) is 11.1 Å². The number of carbonyl (C=O) groups is 2. The van der Waals surface area contributed by atoms with Gasteiger partial charge in [-0.2, -0.15) is 0 Å². The summed E-state index contributed by atoms with van der Waals surface area (Å²) in [4.78, 5) is 26.4. The van der Waals surface area contributed by atoms with Gasteiger partial charge < -0.3 is 0 Å².